The van der Waals surface area contributed by atoms with E-state index in [0.717, 1.165) is 22.3 Å². The number of methoxy groups -OCH3 is 1. The Bertz CT molecular complexity index is 1090. The molecule has 178 valence electrons. The summed E-state index contributed by atoms with van der Waals surface area (Å²) in [5.41, 5.74) is 2.78. The number of benzene rings is 2. The fourth-order valence-corrected chi connectivity index (χ4v) is 4.03. The van der Waals surface area contributed by atoms with Crippen molar-refractivity contribution in [2.75, 3.05) is 20.3 Å². The molecule has 34 heavy (non-hydrogen) atoms. The molecular formula is C26H28N2O6. The Hall–Kier alpha value is -3.83. The predicted octanol–water partition coefficient (Wildman–Crippen LogP) is 2.91. The number of carbonyl (C=O) groups excluding carboxylic acids is 2. The van der Waals surface area contributed by atoms with Crippen molar-refractivity contribution in [3.05, 3.63) is 59.7 Å². The van der Waals surface area contributed by atoms with Crippen molar-refractivity contribution in [2.45, 2.75) is 37.8 Å². The third-order valence-corrected chi connectivity index (χ3v) is 5.74. The second-order valence-electron chi connectivity index (χ2n) is 8.21. The lowest BCUT2D eigenvalue weighted by Crippen LogP contribution is -2.61. The molecule has 8 heteroatoms. The van der Waals surface area contributed by atoms with Crippen molar-refractivity contribution < 1.29 is 29.0 Å². The van der Waals surface area contributed by atoms with E-state index in [-0.39, 0.29) is 25.6 Å². The van der Waals surface area contributed by atoms with E-state index in [1.54, 1.807) is 6.92 Å². The summed E-state index contributed by atoms with van der Waals surface area (Å²) < 4.78 is 10.6. The van der Waals surface area contributed by atoms with E-state index < -0.39 is 29.6 Å². The summed E-state index contributed by atoms with van der Waals surface area (Å²) in [5.74, 6) is 3.16. The Kier molecular flexibility index (Phi) is 7.92. The maximum atomic E-state index is 12.9. The van der Waals surface area contributed by atoms with E-state index >= 15 is 0 Å². The van der Waals surface area contributed by atoms with Crippen LogP contribution in [0.15, 0.2) is 48.5 Å². The highest BCUT2D eigenvalue weighted by atomic mass is 16.5. The van der Waals surface area contributed by atoms with Gasteiger partial charge < -0.3 is 25.2 Å². The Morgan fingerprint density at radius 3 is 2.21 bits per heavy atom. The summed E-state index contributed by atoms with van der Waals surface area (Å²) >= 11 is 0. The van der Waals surface area contributed by atoms with Gasteiger partial charge >= 0.3 is 12.1 Å². The van der Waals surface area contributed by atoms with E-state index in [1.165, 1.54) is 14.0 Å². The smallest absolute Gasteiger partial charge is 0.408 e. The second kappa shape index (κ2) is 10.9. The monoisotopic (exact) mass is 464 g/mol. The molecule has 2 atom stereocenters. The van der Waals surface area contributed by atoms with E-state index in [0.29, 0.717) is 0 Å². The SMILES string of the molecule is CC#CCC(NC(=O)C(C)(COC)NC(=O)OCC1c2ccccc2-c2ccccc21)C(=O)O. The highest BCUT2D eigenvalue weighted by molar-refractivity contribution is 5.92. The van der Waals surface area contributed by atoms with Crippen LogP contribution in [0.4, 0.5) is 4.79 Å². The molecule has 0 spiro atoms. The molecule has 3 N–H and O–H groups in total. The van der Waals surface area contributed by atoms with E-state index in [4.69, 9.17) is 9.47 Å². The van der Waals surface area contributed by atoms with Gasteiger partial charge in [-0.05, 0) is 36.1 Å². The van der Waals surface area contributed by atoms with Crippen LogP contribution >= 0.6 is 0 Å². The van der Waals surface area contributed by atoms with Gasteiger partial charge in [-0.15, -0.1) is 11.8 Å². The van der Waals surface area contributed by atoms with Gasteiger partial charge in [0.2, 0.25) is 5.91 Å². The van der Waals surface area contributed by atoms with Crippen molar-refractivity contribution in [3.8, 4) is 23.0 Å². The summed E-state index contributed by atoms with van der Waals surface area (Å²) in [6.45, 7) is 2.91. The minimum absolute atomic E-state index is 0.0639. The number of aliphatic carboxylic acids is 1. The molecule has 8 nitrogen and oxygen atoms in total. The number of ether oxygens (including phenoxy) is 2. The zero-order valence-corrected chi connectivity index (χ0v) is 19.4. The molecular weight excluding hydrogens is 436 g/mol. The standard InChI is InChI=1S/C26H28N2O6/c1-4-5-14-22(23(29)30)27-24(31)26(2,16-33-3)28-25(32)34-15-21-19-12-8-6-10-17(19)18-11-7-9-13-20(18)21/h6-13,21-22H,14-16H2,1-3H3,(H,27,31)(H,28,32)(H,29,30). The fourth-order valence-electron chi connectivity index (χ4n) is 4.03. The molecule has 0 heterocycles. The highest BCUT2D eigenvalue weighted by Crippen LogP contribution is 2.44. The first-order valence-corrected chi connectivity index (χ1v) is 10.9. The lowest BCUT2D eigenvalue weighted by Gasteiger charge is -2.29. The van der Waals surface area contributed by atoms with Crippen LogP contribution in [0.3, 0.4) is 0 Å². The molecule has 2 aromatic rings. The van der Waals surface area contributed by atoms with Gasteiger partial charge in [0.25, 0.3) is 0 Å². The number of hydrogen-bond acceptors (Lipinski definition) is 5. The first-order valence-electron chi connectivity index (χ1n) is 10.9. The molecule has 0 bridgehead atoms. The number of rotatable bonds is 9. The first-order chi connectivity index (χ1) is 16.3. The molecule has 2 amide bonds. The van der Waals surface area contributed by atoms with Gasteiger partial charge in [-0.25, -0.2) is 9.59 Å². The minimum Gasteiger partial charge on any atom is -0.480 e. The maximum Gasteiger partial charge on any atom is 0.408 e. The zero-order valence-electron chi connectivity index (χ0n) is 19.4. The van der Waals surface area contributed by atoms with E-state index in [2.05, 4.69) is 22.5 Å². The van der Waals surface area contributed by atoms with Gasteiger partial charge in [0, 0.05) is 19.4 Å². The molecule has 0 saturated carbocycles. The second-order valence-corrected chi connectivity index (χ2v) is 8.21. The lowest BCUT2D eigenvalue weighted by molar-refractivity contribution is -0.143. The number of nitrogens with one attached hydrogen (secondary N) is 2. The normalized spacial score (nSPS) is 14.4. The third kappa shape index (κ3) is 5.38. The third-order valence-electron chi connectivity index (χ3n) is 5.74. The van der Waals surface area contributed by atoms with Crippen LogP contribution in [0.1, 0.15) is 37.3 Å². The summed E-state index contributed by atoms with van der Waals surface area (Å²) in [7, 11) is 1.38. The van der Waals surface area contributed by atoms with Gasteiger partial charge in [0.05, 0.1) is 6.61 Å². The van der Waals surface area contributed by atoms with Gasteiger partial charge in [0.1, 0.15) is 18.2 Å². The number of hydrogen-bond donors (Lipinski definition) is 3. The van der Waals surface area contributed by atoms with Crippen LogP contribution in [0.2, 0.25) is 0 Å². The van der Waals surface area contributed by atoms with Crippen molar-refractivity contribution in [1.82, 2.24) is 10.6 Å². The first kappa shape index (κ1) is 24.8. The molecule has 1 aliphatic carbocycles. The number of carbonyl (C=O) groups is 3. The molecule has 0 saturated heterocycles. The van der Waals surface area contributed by atoms with Crippen LogP contribution in [0, 0.1) is 11.8 Å². The largest absolute Gasteiger partial charge is 0.480 e. The van der Waals surface area contributed by atoms with Crippen molar-refractivity contribution in [1.29, 1.82) is 0 Å². The molecule has 0 fully saturated rings. The fraction of sp³-hybridized carbons (Fsp3) is 0.346. The molecule has 1 aliphatic rings. The average molecular weight is 465 g/mol. The summed E-state index contributed by atoms with van der Waals surface area (Å²) in [5, 5.41) is 14.3. The van der Waals surface area contributed by atoms with E-state index in [9.17, 15) is 19.5 Å². The number of carboxylic acid groups (broad SMARTS) is 1. The van der Waals surface area contributed by atoms with E-state index in [1.807, 2.05) is 48.5 Å². The van der Waals surface area contributed by atoms with Gasteiger partial charge in [-0.3, -0.25) is 4.79 Å². The van der Waals surface area contributed by atoms with Crippen LogP contribution in [0.5, 0.6) is 0 Å². The van der Waals surface area contributed by atoms with Gasteiger partial charge in [-0.1, -0.05) is 48.5 Å². The summed E-state index contributed by atoms with van der Waals surface area (Å²) in [4.78, 5) is 37.1. The minimum atomic E-state index is -1.55. The highest BCUT2D eigenvalue weighted by Gasteiger charge is 2.38. The van der Waals surface area contributed by atoms with Crippen LogP contribution in [0.25, 0.3) is 11.1 Å². The summed E-state index contributed by atoms with van der Waals surface area (Å²) in [6.07, 6.45) is -0.872. The predicted molar refractivity (Wildman–Crippen MR) is 126 cm³/mol. The van der Waals surface area contributed by atoms with Crippen molar-refractivity contribution in [2.24, 2.45) is 0 Å². The molecule has 0 radical (unpaired) electrons. The Morgan fingerprint density at radius 1 is 1.09 bits per heavy atom. The zero-order chi connectivity index (χ0) is 24.7. The lowest BCUT2D eigenvalue weighted by atomic mass is 9.98. The molecule has 2 aromatic carbocycles. The molecule has 0 aliphatic heterocycles. The Balaban J connectivity index is 1.70. The Morgan fingerprint density at radius 2 is 1.68 bits per heavy atom. The number of alkyl carbamates (subject to hydrolysis) is 1. The number of fused-ring (bicyclic) bond motifs is 3. The van der Waals surface area contributed by atoms with Crippen LogP contribution in [-0.4, -0.2) is 55.0 Å². The van der Waals surface area contributed by atoms with Crippen molar-refractivity contribution >= 4 is 18.0 Å². The number of carboxylic acids is 1. The average Bonchev–Trinajstić information content (AvgIpc) is 3.14. The van der Waals surface area contributed by atoms with Crippen LogP contribution < -0.4 is 10.6 Å². The topological polar surface area (TPSA) is 114 Å². The van der Waals surface area contributed by atoms with Crippen molar-refractivity contribution in [3.63, 3.8) is 0 Å². The molecule has 0 aromatic heterocycles. The molecule has 3 rings (SSSR count). The van der Waals surface area contributed by atoms with Crippen LogP contribution in [-0.2, 0) is 19.1 Å². The molecule has 2 unspecified atom stereocenters. The van der Waals surface area contributed by atoms with Gasteiger partial charge in [-0.2, -0.15) is 0 Å². The Labute approximate surface area is 198 Å². The number of amides is 2. The van der Waals surface area contributed by atoms with Gasteiger partial charge in [0.15, 0.2) is 0 Å². The summed E-state index contributed by atoms with van der Waals surface area (Å²) in [6, 6.07) is 14.7. The maximum absolute atomic E-state index is 12.9. The quantitative estimate of drug-likeness (QED) is 0.492.